The van der Waals surface area contributed by atoms with Gasteiger partial charge in [0.05, 0.1) is 12.0 Å². The van der Waals surface area contributed by atoms with Gasteiger partial charge in [0.25, 0.3) is 0 Å². The number of nitrogens with one attached hydrogen (secondary N) is 2. The van der Waals surface area contributed by atoms with Gasteiger partial charge >= 0.3 is 11.8 Å². The second-order valence-corrected chi connectivity index (χ2v) is 9.53. The van der Waals surface area contributed by atoms with E-state index in [0.29, 0.717) is 31.7 Å². The Kier molecular flexibility index (Phi) is 8.24. The molecule has 1 aliphatic heterocycles. The van der Waals surface area contributed by atoms with Gasteiger partial charge in [-0.1, -0.05) is 30.3 Å². The fourth-order valence-corrected chi connectivity index (χ4v) is 5.42. The van der Waals surface area contributed by atoms with E-state index in [9.17, 15) is 18.0 Å². The Bertz CT molecular complexity index is 1010. The van der Waals surface area contributed by atoms with Crippen molar-refractivity contribution in [2.24, 2.45) is 0 Å². The van der Waals surface area contributed by atoms with Crippen molar-refractivity contribution in [2.45, 2.75) is 36.6 Å². The van der Waals surface area contributed by atoms with Gasteiger partial charge in [0.2, 0.25) is 10.0 Å². The molecular weight excluding hydrogens is 430 g/mol. The van der Waals surface area contributed by atoms with Crippen LogP contribution in [0.5, 0.6) is 5.75 Å². The third-order valence-electron chi connectivity index (χ3n) is 5.46. The van der Waals surface area contributed by atoms with E-state index in [-0.39, 0.29) is 11.4 Å². The summed E-state index contributed by atoms with van der Waals surface area (Å²) in [6.07, 6.45) is 2.85. The molecule has 0 bridgehead atoms. The summed E-state index contributed by atoms with van der Waals surface area (Å²) in [5.74, 6) is -0.886. The van der Waals surface area contributed by atoms with Crippen molar-refractivity contribution in [1.82, 2.24) is 14.9 Å². The summed E-state index contributed by atoms with van der Waals surface area (Å²) >= 11 is 0. The summed E-state index contributed by atoms with van der Waals surface area (Å²) in [6.45, 7) is 0.856. The Labute approximate surface area is 189 Å². The Morgan fingerprint density at radius 1 is 1.03 bits per heavy atom. The van der Waals surface area contributed by atoms with Crippen molar-refractivity contribution in [3.63, 3.8) is 0 Å². The molecule has 1 aliphatic rings. The lowest BCUT2D eigenvalue weighted by molar-refractivity contribution is -0.139. The number of hydrogen-bond acceptors (Lipinski definition) is 5. The predicted octanol–water partition coefficient (Wildman–Crippen LogP) is 1.71. The number of methoxy groups -OCH3 is 1. The molecule has 1 heterocycles. The highest BCUT2D eigenvalue weighted by Gasteiger charge is 2.35. The van der Waals surface area contributed by atoms with Crippen LogP contribution in [0.1, 0.15) is 24.8 Å². The maximum atomic E-state index is 13.0. The highest BCUT2D eigenvalue weighted by molar-refractivity contribution is 7.89. The summed E-state index contributed by atoms with van der Waals surface area (Å²) in [7, 11) is -2.18. The van der Waals surface area contributed by atoms with Crippen LogP contribution in [0.25, 0.3) is 0 Å². The van der Waals surface area contributed by atoms with E-state index >= 15 is 0 Å². The van der Waals surface area contributed by atoms with Crippen molar-refractivity contribution < 1.29 is 22.7 Å². The van der Waals surface area contributed by atoms with Crippen LogP contribution in [-0.4, -0.2) is 57.3 Å². The minimum absolute atomic E-state index is 0.0889. The molecule has 172 valence electrons. The lowest BCUT2D eigenvalue weighted by atomic mass is 10.1. The summed E-state index contributed by atoms with van der Waals surface area (Å²) in [6, 6.07) is 15.7. The van der Waals surface area contributed by atoms with Gasteiger partial charge in [-0.25, -0.2) is 8.42 Å². The van der Waals surface area contributed by atoms with Crippen molar-refractivity contribution in [3.05, 3.63) is 60.2 Å². The number of carbonyl (C=O) groups excluding carboxylic acids is 2. The zero-order chi connectivity index (χ0) is 23.0. The monoisotopic (exact) mass is 459 g/mol. The standard InChI is InChI=1S/C23H29N3O5S/c1-31-20-11-13-21(14-12-20)32(29,30)26-16-6-10-19(26)17-25-23(28)22(27)24-15-5-9-18-7-3-2-4-8-18/h2-4,7-8,11-14,19H,5-6,9-10,15-17H2,1H3,(H,24,27)(H,25,28)/t19-/m0/s1. The van der Waals surface area contributed by atoms with Crippen molar-refractivity contribution in [3.8, 4) is 5.75 Å². The lowest BCUT2D eigenvalue weighted by Gasteiger charge is -2.24. The molecule has 32 heavy (non-hydrogen) atoms. The zero-order valence-corrected chi connectivity index (χ0v) is 18.9. The molecule has 8 nitrogen and oxygen atoms in total. The number of sulfonamides is 1. The highest BCUT2D eigenvalue weighted by Crippen LogP contribution is 2.26. The third kappa shape index (κ3) is 6.08. The van der Waals surface area contributed by atoms with Crippen molar-refractivity contribution in [2.75, 3.05) is 26.7 Å². The molecule has 9 heteroatoms. The van der Waals surface area contributed by atoms with Gasteiger partial charge in [-0.05, 0) is 55.5 Å². The molecule has 2 amide bonds. The minimum atomic E-state index is -3.70. The van der Waals surface area contributed by atoms with E-state index in [4.69, 9.17) is 4.74 Å². The summed E-state index contributed by atoms with van der Waals surface area (Å²) in [5, 5.41) is 5.19. The van der Waals surface area contributed by atoms with Crippen LogP contribution >= 0.6 is 0 Å². The first-order chi connectivity index (χ1) is 15.4. The molecule has 2 N–H and O–H groups in total. The van der Waals surface area contributed by atoms with Gasteiger partial charge in [0.15, 0.2) is 0 Å². The molecule has 0 unspecified atom stereocenters. The van der Waals surface area contributed by atoms with Crippen LogP contribution in [0.15, 0.2) is 59.5 Å². The van der Waals surface area contributed by atoms with Gasteiger partial charge in [0.1, 0.15) is 5.75 Å². The number of carbonyl (C=O) groups is 2. The Morgan fingerprint density at radius 2 is 1.72 bits per heavy atom. The second-order valence-electron chi connectivity index (χ2n) is 7.64. The number of ether oxygens (including phenoxy) is 1. The third-order valence-corrected chi connectivity index (χ3v) is 7.43. The number of rotatable bonds is 9. The van der Waals surface area contributed by atoms with Crippen molar-refractivity contribution in [1.29, 1.82) is 0 Å². The molecule has 1 atom stereocenters. The number of amides is 2. The molecule has 1 saturated heterocycles. The first-order valence-electron chi connectivity index (χ1n) is 10.7. The zero-order valence-electron chi connectivity index (χ0n) is 18.1. The van der Waals surface area contributed by atoms with E-state index in [1.807, 2.05) is 30.3 Å². The van der Waals surface area contributed by atoms with Gasteiger partial charge in [-0.3, -0.25) is 9.59 Å². The maximum Gasteiger partial charge on any atom is 0.309 e. The Balaban J connectivity index is 1.47. The van der Waals surface area contributed by atoms with E-state index in [1.165, 1.54) is 29.1 Å². The van der Waals surface area contributed by atoms with Crippen LogP contribution < -0.4 is 15.4 Å². The van der Waals surface area contributed by atoms with Crippen LogP contribution in [-0.2, 0) is 26.0 Å². The van der Waals surface area contributed by atoms with Gasteiger partial charge in [-0.2, -0.15) is 4.31 Å². The van der Waals surface area contributed by atoms with Gasteiger partial charge in [-0.15, -0.1) is 0 Å². The summed E-state index contributed by atoms with van der Waals surface area (Å²) < 4.78 is 32.5. The molecule has 0 radical (unpaired) electrons. The molecule has 2 aromatic carbocycles. The smallest absolute Gasteiger partial charge is 0.309 e. The Morgan fingerprint density at radius 3 is 2.41 bits per heavy atom. The highest BCUT2D eigenvalue weighted by atomic mass is 32.2. The Hall–Kier alpha value is -2.91. The predicted molar refractivity (Wildman–Crippen MR) is 121 cm³/mol. The number of benzene rings is 2. The molecule has 0 spiro atoms. The normalized spacial score (nSPS) is 16.5. The summed E-state index contributed by atoms with van der Waals surface area (Å²) in [5.41, 5.74) is 1.17. The lowest BCUT2D eigenvalue weighted by Crippen LogP contribution is -2.47. The molecule has 2 aromatic rings. The fraction of sp³-hybridized carbons (Fsp3) is 0.391. The van der Waals surface area contributed by atoms with Crippen molar-refractivity contribution >= 4 is 21.8 Å². The second kappa shape index (κ2) is 11.1. The number of aryl methyl sites for hydroxylation is 1. The van der Waals surface area contributed by atoms with Crippen LogP contribution in [0.3, 0.4) is 0 Å². The van der Waals surface area contributed by atoms with Crippen LogP contribution in [0.2, 0.25) is 0 Å². The SMILES string of the molecule is COc1ccc(S(=O)(=O)N2CCC[C@H]2CNC(=O)C(=O)NCCCc2ccccc2)cc1. The van der Waals surface area contributed by atoms with E-state index in [0.717, 1.165) is 12.8 Å². The topological polar surface area (TPSA) is 105 Å². The van der Waals surface area contributed by atoms with E-state index < -0.39 is 27.9 Å². The van der Waals surface area contributed by atoms with Crippen LogP contribution in [0.4, 0.5) is 0 Å². The summed E-state index contributed by atoms with van der Waals surface area (Å²) in [4.78, 5) is 24.4. The molecule has 0 saturated carbocycles. The first kappa shape index (κ1) is 23.7. The first-order valence-corrected chi connectivity index (χ1v) is 12.1. The molecule has 1 fully saturated rings. The number of hydrogen-bond donors (Lipinski definition) is 2. The fourth-order valence-electron chi connectivity index (χ4n) is 3.72. The molecular formula is C23H29N3O5S. The van der Waals surface area contributed by atoms with E-state index in [1.54, 1.807) is 12.1 Å². The molecule has 3 rings (SSSR count). The quantitative estimate of drug-likeness (QED) is 0.439. The van der Waals surface area contributed by atoms with Gasteiger partial charge in [0, 0.05) is 25.7 Å². The largest absolute Gasteiger partial charge is 0.497 e. The van der Waals surface area contributed by atoms with Crippen LogP contribution in [0, 0.1) is 0 Å². The minimum Gasteiger partial charge on any atom is -0.497 e. The average molecular weight is 460 g/mol. The average Bonchev–Trinajstić information content (AvgIpc) is 3.30. The molecule has 0 aliphatic carbocycles. The number of nitrogens with zero attached hydrogens (tertiary/aromatic N) is 1. The molecule has 0 aromatic heterocycles. The van der Waals surface area contributed by atoms with Gasteiger partial charge < -0.3 is 15.4 Å². The van der Waals surface area contributed by atoms with E-state index in [2.05, 4.69) is 10.6 Å². The maximum absolute atomic E-state index is 13.0.